The SMILES string of the molecule is Cc1cc(N2CCCC(NC(=O)c3cc(C)nn3C)C2)nc(C2CC2)n1. The van der Waals surface area contributed by atoms with Crippen LogP contribution in [0.3, 0.4) is 0 Å². The zero-order valence-corrected chi connectivity index (χ0v) is 15.7. The van der Waals surface area contributed by atoms with Gasteiger partial charge in [0.1, 0.15) is 17.3 Å². The first-order valence-corrected chi connectivity index (χ1v) is 9.41. The highest BCUT2D eigenvalue weighted by Crippen LogP contribution is 2.38. The van der Waals surface area contributed by atoms with Crippen molar-refractivity contribution in [1.82, 2.24) is 25.1 Å². The van der Waals surface area contributed by atoms with Crippen molar-refractivity contribution in [1.29, 1.82) is 0 Å². The zero-order chi connectivity index (χ0) is 18.3. The lowest BCUT2D eigenvalue weighted by atomic mass is 10.1. The topological polar surface area (TPSA) is 75.9 Å². The summed E-state index contributed by atoms with van der Waals surface area (Å²) >= 11 is 0. The highest BCUT2D eigenvalue weighted by Gasteiger charge is 2.29. The predicted octanol–water partition coefficient (Wildman–Crippen LogP) is 2.10. The molecule has 7 heteroatoms. The fraction of sp³-hybridized carbons (Fsp3) is 0.579. The predicted molar refractivity (Wildman–Crippen MR) is 99.4 cm³/mol. The van der Waals surface area contributed by atoms with Crippen LogP contribution >= 0.6 is 0 Å². The van der Waals surface area contributed by atoms with E-state index in [0.717, 1.165) is 49.0 Å². The van der Waals surface area contributed by atoms with Crippen LogP contribution in [0.25, 0.3) is 0 Å². The van der Waals surface area contributed by atoms with Crippen molar-refractivity contribution in [3.63, 3.8) is 0 Å². The summed E-state index contributed by atoms with van der Waals surface area (Å²) in [4.78, 5) is 24.3. The number of carbonyl (C=O) groups excluding carboxylic acids is 1. The number of hydrogen-bond acceptors (Lipinski definition) is 5. The quantitative estimate of drug-likeness (QED) is 0.910. The first-order valence-electron chi connectivity index (χ1n) is 9.41. The van der Waals surface area contributed by atoms with Gasteiger partial charge < -0.3 is 10.2 Å². The minimum atomic E-state index is -0.0579. The minimum Gasteiger partial charge on any atom is -0.354 e. The van der Waals surface area contributed by atoms with Crippen molar-refractivity contribution in [2.45, 2.75) is 51.5 Å². The molecule has 0 bridgehead atoms. The fourth-order valence-electron chi connectivity index (χ4n) is 3.65. The molecule has 2 aromatic heterocycles. The molecule has 1 N–H and O–H groups in total. The summed E-state index contributed by atoms with van der Waals surface area (Å²) in [5.74, 6) is 2.46. The molecule has 0 aromatic carbocycles. The Labute approximate surface area is 153 Å². The highest BCUT2D eigenvalue weighted by atomic mass is 16.2. The number of aromatic nitrogens is 4. The first-order chi connectivity index (χ1) is 12.5. The summed E-state index contributed by atoms with van der Waals surface area (Å²) in [5, 5.41) is 7.43. The summed E-state index contributed by atoms with van der Waals surface area (Å²) in [6.45, 7) is 5.68. The average molecular weight is 354 g/mol. The molecular formula is C19H26N6O. The van der Waals surface area contributed by atoms with Gasteiger partial charge in [-0.2, -0.15) is 5.10 Å². The van der Waals surface area contributed by atoms with E-state index in [1.165, 1.54) is 12.8 Å². The number of hydrogen-bond donors (Lipinski definition) is 1. The Hall–Kier alpha value is -2.44. The zero-order valence-electron chi connectivity index (χ0n) is 15.7. The second kappa shape index (κ2) is 6.70. The Morgan fingerprint density at radius 3 is 2.65 bits per heavy atom. The third-order valence-electron chi connectivity index (χ3n) is 5.12. The van der Waals surface area contributed by atoms with Gasteiger partial charge in [-0.25, -0.2) is 9.97 Å². The molecule has 2 fully saturated rings. The van der Waals surface area contributed by atoms with Crippen molar-refractivity contribution < 1.29 is 4.79 Å². The van der Waals surface area contributed by atoms with Crippen LogP contribution in [0.4, 0.5) is 5.82 Å². The van der Waals surface area contributed by atoms with E-state index in [1.807, 2.05) is 19.9 Å². The number of piperidine rings is 1. The standard InChI is InChI=1S/C19H26N6O/c1-12-10-17(22-18(20-12)14-6-7-14)25-8-4-5-15(11-25)21-19(26)16-9-13(2)23-24(16)3/h9-10,14-15H,4-8,11H2,1-3H3,(H,21,26). The molecule has 1 aliphatic heterocycles. The molecule has 1 atom stereocenters. The molecule has 1 amide bonds. The summed E-state index contributed by atoms with van der Waals surface area (Å²) in [6.07, 6.45) is 4.42. The minimum absolute atomic E-state index is 0.0579. The second-order valence-electron chi connectivity index (χ2n) is 7.55. The molecule has 1 saturated heterocycles. The molecule has 1 unspecified atom stereocenters. The number of rotatable bonds is 4. The summed E-state index contributed by atoms with van der Waals surface area (Å²) < 4.78 is 1.64. The van der Waals surface area contributed by atoms with Crippen LogP contribution in [0.1, 0.15) is 59.3 Å². The number of nitrogens with zero attached hydrogens (tertiary/aromatic N) is 5. The van der Waals surface area contributed by atoms with Crippen molar-refractivity contribution >= 4 is 11.7 Å². The van der Waals surface area contributed by atoms with E-state index in [1.54, 1.807) is 11.7 Å². The normalized spacial score (nSPS) is 20.3. The molecule has 3 heterocycles. The third-order valence-corrected chi connectivity index (χ3v) is 5.12. The number of anilines is 1. The van der Waals surface area contributed by atoms with Crippen LogP contribution in [0, 0.1) is 13.8 Å². The van der Waals surface area contributed by atoms with Gasteiger partial charge in [0.2, 0.25) is 0 Å². The molecule has 0 radical (unpaired) electrons. The van der Waals surface area contributed by atoms with Crippen LogP contribution in [0.15, 0.2) is 12.1 Å². The Balaban J connectivity index is 1.46. The molecule has 0 spiro atoms. The summed E-state index contributed by atoms with van der Waals surface area (Å²) in [6, 6.07) is 4.00. The van der Waals surface area contributed by atoms with Crippen molar-refractivity contribution in [2.24, 2.45) is 7.05 Å². The molecule has 2 aromatic rings. The van der Waals surface area contributed by atoms with Gasteiger partial charge in [0.05, 0.1) is 5.69 Å². The van der Waals surface area contributed by atoms with Gasteiger partial charge >= 0.3 is 0 Å². The maximum Gasteiger partial charge on any atom is 0.269 e. The lowest BCUT2D eigenvalue weighted by Crippen LogP contribution is -2.48. The number of carbonyl (C=O) groups is 1. The Bertz CT molecular complexity index is 825. The van der Waals surface area contributed by atoms with E-state index >= 15 is 0 Å². The van der Waals surface area contributed by atoms with Gasteiger partial charge in [-0.3, -0.25) is 9.48 Å². The molecule has 4 rings (SSSR count). The number of nitrogens with one attached hydrogen (secondary N) is 1. The third kappa shape index (κ3) is 3.57. The van der Waals surface area contributed by atoms with Crippen LogP contribution in [0.2, 0.25) is 0 Å². The van der Waals surface area contributed by atoms with Crippen molar-refractivity contribution in [3.8, 4) is 0 Å². The Morgan fingerprint density at radius 1 is 1.15 bits per heavy atom. The molecule has 2 aliphatic rings. The van der Waals surface area contributed by atoms with Crippen LogP contribution in [-0.2, 0) is 7.05 Å². The van der Waals surface area contributed by atoms with Crippen LogP contribution in [-0.4, -0.2) is 44.8 Å². The van der Waals surface area contributed by atoms with E-state index in [2.05, 4.69) is 26.4 Å². The van der Waals surface area contributed by atoms with E-state index in [9.17, 15) is 4.79 Å². The molecule has 26 heavy (non-hydrogen) atoms. The maximum absolute atomic E-state index is 12.6. The Kier molecular flexibility index (Phi) is 4.38. The van der Waals surface area contributed by atoms with Gasteiger partial charge in [0.25, 0.3) is 5.91 Å². The summed E-state index contributed by atoms with van der Waals surface area (Å²) in [5.41, 5.74) is 2.48. The van der Waals surface area contributed by atoms with E-state index in [0.29, 0.717) is 11.6 Å². The first kappa shape index (κ1) is 17.0. The highest BCUT2D eigenvalue weighted by molar-refractivity contribution is 5.92. The molecule has 7 nitrogen and oxygen atoms in total. The fourth-order valence-corrected chi connectivity index (χ4v) is 3.65. The van der Waals surface area contributed by atoms with Crippen molar-refractivity contribution in [3.05, 3.63) is 35.0 Å². The second-order valence-corrected chi connectivity index (χ2v) is 7.55. The molecule has 1 saturated carbocycles. The molecular weight excluding hydrogens is 328 g/mol. The lowest BCUT2D eigenvalue weighted by molar-refractivity contribution is 0.0923. The van der Waals surface area contributed by atoms with Gasteiger partial charge in [-0.05, 0) is 45.6 Å². The number of amides is 1. The smallest absolute Gasteiger partial charge is 0.269 e. The van der Waals surface area contributed by atoms with Crippen LogP contribution < -0.4 is 10.2 Å². The summed E-state index contributed by atoms with van der Waals surface area (Å²) in [7, 11) is 1.80. The van der Waals surface area contributed by atoms with Gasteiger partial charge in [-0.15, -0.1) is 0 Å². The van der Waals surface area contributed by atoms with E-state index < -0.39 is 0 Å². The van der Waals surface area contributed by atoms with Gasteiger partial charge in [0.15, 0.2) is 0 Å². The lowest BCUT2D eigenvalue weighted by Gasteiger charge is -2.34. The van der Waals surface area contributed by atoms with Gasteiger partial charge in [-0.1, -0.05) is 0 Å². The Morgan fingerprint density at radius 2 is 1.96 bits per heavy atom. The van der Waals surface area contributed by atoms with Crippen molar-refractivity contribution in [2.75, 3.05) is 18.0 Å². The number of aryl methyl sites for hydroxylation is 3. The van der Waals surface area contributed by atoms with Gasteiger partial charge in [0, 0.05) is 43.9 Å². The largest absolute Gasteiger partial charge is 0.354 e. The van der Waals surface area contributed by atoms with E-state index in [-0.39, 0.29) is 11.9 Å². The molecule has 138 valence electrons. The average Bonchev–Trinajstić information content (AvgIpc) is 3.39. The van der Waals surface area contributed by atoms with E-state index in [4.69, 9.17) is 4.98 Å². The maximum atomic E-state index is 12.6. The molecule has 1 aliphatic carbocycles. The monoisotopic (exact) mass is 354 g/mol. The van der Waals surface area contributed by atoms with Crippen LogP contribution in [0.5, 0.6) is 0 Å².